The lowest BCUT2D eigenvalue weighted by molar-refractivity contribution is 0.253. The fraction of sp³-hybridized carbons (Fsp3) is 1.00. The summed E-state index contributed by atoms with van der Waals surface area (Å²) in [5, 5.41) is 0.593. The van der Waals surface area contributed by atoms with E-state index in [2.05, 4.69) is 27.7 Å². The first-order valence-electron chi connectivity index (χ1n) is 6.84. The van der Waals surface area contributed by atoms with Gasteiger partial charge < -0.3 is 4.43 Å². The van der Waals surface area contributed by atoms with Crippen molar-refractivity contribution >= 4 is 8.32 Å². The Hall–Kier alpha value is 0.177. The highest BCUT2D eigenvalue weighted by molar-refractivity contribution is 6.77. The highest BCUT2D eigenvalue weighted by Crippen LogP contribution is 2.56. The SMILES string of the molecule is CCO[Si]1(CC)CCCCC1(CC)CC. The van der Waals surface area contributed by atoms with Gasteiger partial charge in [-0.05, 0) is 30.5 Å². The van der Waals surface area contributed by atoms with Gasteiger partial charge in [-0.15, -0.1) is 0 Å². The standard InChI is InChI=1S/C13H28OSi/c1-5-13(6-2)11-9-10-12-15(13,8-4)14-7-3/h5-12H2,1-4H3. The second kappa shape index (κ2) is 5.49. The summed E-state index contributed by atoms with van der Waals surface area (Å²) in [5.41, 5.74) is 0. The highest BCUT2D eigenvalue weighted by atomic mass is 28.4. The van der Waals surface area contributed by atoms with Gasteiger partial charge in [-0.2, -0.15) is 0 Å². The molecule has 1 aliphatic rings. The zero-order chi connectivity index (χ0) is 11.4. The van der Waals surface area contributed by atoms with Crippen LogP contribution >= 0.6 is 0 Å². The fourth-order valence-corrected chi connectivity index (χ4v) is 9.35. The van der Waals surface area contributed by atoms with Gasteiger partial charge in [0.25, 0.3) is 0 Å². The molecule has 1 rings (SSSR count). The molecule has 0 bridgehead atoms. The molecule has 0 N–H and O–H groups in total. The molecule has 1 saturated heterocycles. The first-order valence-corrected chi connectivity index (χ1v) is 9.16. The second-order valence-corrected chi connectivity index (χ2v) is 9.52. The van der Waals surface area contributed by atoms with Gasteiger partial charge in [0.05, 0.1) is 0 Å². The van der Waals surface area contributed by atoms with Crippen molar-refractivity contribution in [1.29, 1.82) is 0 Å². The molecule has 1 heterocycles. The molecule has 0 radical (unpaired) electrons. The summed E-state index contributed by atoms with van der Waals surface area (Å²) in [6, 6.07) is 2.74. The Bertz CT molecular complexity index is 185. The molecular formula is C13H28OSi. The molecule has 0 aromatic carbocycles. The molecule has 1 aliphatic heterocycles. The van der Waals surface area contributed by atoms with Crippen LogP contribution in [-0.2, 0) is 4.43 Å². The maximum atomic E-state index is 6.36. The minimum atomic E-state index is -1.44. The Labute approximate surface area is 96.7 Å². The Morgan fingerprint density at radius 3 is 2.20 bits per heavy atom. The molecule has 1 atom stereocenters. The summed E-state index contributed by atoms with van der Waals surface area (Å²) in [6.45, 7) is 10.2. The van der Waals surface area contributed by atoms with Crippen molar-refractivity contribution in [2.75, 3.05) is 6.61 Å². The fourth-order valence-electron chi connectivity index (χ4n) is 3.77. The average molecular weight is 228 g/mol. The third-order valence-corrected chi connectivity index (χ3v) is 10.8. The lowest BCUT2D eigenvalue weighted by Gasteiger charge is -2.51. The molecule has 2 heteroatoms. The molecule has 15 heavy (non-hydrogen) atoms. The van der Waals surface area contributed by atoms with Gasteiger partial charge >= 0.3 is 0 Å². The Morgan fingerprint density at radius 2 is 1.73 bits per heavy atom. The minimum absolute atomic E-state index is 0.593. The van der Waals surface area contributed by atoms with Crippen LogP contribution in [0.3, 0.4) is 0 Å². The van der Waals surface area contributed by atoms with Gasteiger partial charge in [0.1, 0.15) is 0 Å². The van der Waals surface area contributed by atoms with E-state index in [0.717, 1.165) is 6.61 Å². The highest BCUT2D eigenvalue weighted by Gasteiger charge is 2.52. The van der Waals surface area contributed by atoms with Gasteiger partial charge in [-0.25, -0.2) is 0 Å². The van der Waals surface area contributed by atoms with Crippen molar-refractivity contribution in [3.8, 4) is 0 Å². The summed E-state index contributed by atoms with van der Waals surface area (Å²) in [5.74, 6) is 0. The topological polar surface area (TPSA) is 9.23 Å². The van der Waals surface area contributed by atoms with E-state index < -0.39 is 8.32 Å². The average Bonchev–Trinajstić information content (AvgIpc) is 2.30. The smallest absolute Gasteiger partial charge is 0.198 e. The Balaban J connectivity index is 2.95. The monoisotopic (exact) mass is 228 g/mol. The van der Waals surface area contributed by atoms with Crippen molar-refractivity contribution in [2.45, 2.75) is 76.9 Å². The number of hydrogen-bond acceptors (Lipinski definition) is 1. The zero-order valence-corrected chi connectivity index (χ0v) is 12.1. The molecule has 0 aromatic heterocycles. The van der Waals surface area contributed by atoms with E-state index in [9.17, 15) is 0 Å². The van der Waals surface area contributed by atoms with E-state index in [1.54, 1.807) is 0 Å². The van der Waals surface area contributed by atoms with Gasteiger partial charge in [0, 0.05) is 6.61 Å². The number of rotatable bonds is 5. The predicted octanol–water partition coefficient (Wildman–Crippen LogP) is 4.73. The first-order chi connectivity index (χ1) is 7.20. The van der Waals surface area contributed by atoms with E-state index in [-0.39, 0.29) is 0 Å². The van der Waals surface area contributed by atoms with E-state index in [1.807, 2.05) is 0 Å². The largest absolute Gasteiger partial charge is 0.417 e. The van der Waals surface area contributed by atoms with E-state index in [4.69, 9.17) is 4.43 Å². The Morgan fingerprint density at radius 1 is 1.07 bits per heavy atom. The van der Waals surface area contributed by atoms with E-state index in [1.165, 1.54) is 44.2 Å². The van der Waals surface area contributed by atoms with Gasteiger partial charge in [0.15, 0.2) is 8.32 Å². The van der Waals surface area contributed by atoms with Crippen molar-refractivity contribution in [3.05, 3.63) is 0 Å². The van der Waals surface area contributed by atoms with E-state index in [0.29, 0.717) is 5.04 Å². The normalized spacial score (nSPS) is 30.4. The van der Waals surface area contributed by atoms with Crippen molar-refractivity contribution in [2.24, 2.45) is 0 Å². The lowest BCUT2D eigenvalue weighted by atomic mass is 9.94. The molecule has 0 aromatic rings. The maximum absolute atomic E-state index is 6.36. The summed E-state index contributed by atoms with van der Waals surface area (Å²) < 4.78 is 6.36. The van der Waals surface area contributed by atoms with Crippen LogP contribution < -0.4 is 0 Å². The molecule has 1 fully saturated rings. The third-order valence-electron chi connectivity index (χ3n) is 4.80. The summed E-state index contributed by atoms with van der Waals surface area (Å²) in [6.07, 6.45) is 6.96. The first kappa shape index (κ1) is 13.2. The molecule has 0 aliphatic carbocycles. The van der Waals surface area contributed by atoms with Crippen molar-refractivity contribution < 1.29 is 4.43 Å². The predicted molar refractivity (Wildman–Crippen MR) is 69.8 cm³/mol. The van der Waals surface area contributed by atoms with E-state index >= 15 is 0 Å². The number of hydrogen-bond donors (Lipinski definition) is 0. The molecule has 0 saturated carbocycles. The molecule has 1 unspecified atom stereocenters. The second-order valence-electron chi connectivity index (χ2n) is 4.98. The van der Waals surface area contributed by atoms with Crippen molar-refractivity contribution in [1.82, 2.24) is 0 Å². The molecular weight excluding hydrogens is 200 g/mol. The van der Waals surface area contributed by atoms with Crippen LogP contribution in [0, 0.1) is 0 Å². The Kier molecular flexibility index (Phi) is 4.85. The maximum Gasteiger partial charge on any atom is 0.198 e. The van der Waals surface area contributed by atoms with Gasteiger partial charge in [-0.3, -0.25) is 0 Å². The molecule has 0 amide bonds. The van der Waals surface area contributed by atoms with Gasteiger partial charge in [0.2, 0.25) is 0 Å². The van der Waals surface area contributed by atoms with Crippen LogP contribution in [0.15, 0.2) is 0 Å². The van der Waals surface area contributed by atoms with Gasteiger partial charge in [-0.1, -0.05) is 46.5 Å². The van der Waals surface area contributed by atoms with Crippen LogP contribution in [0.25, 0.3) is 0 Å². The zero-order valence-electron chi connectivity index (χ0n) is 11.1. The quantitative estimate of drug-likeness (QED) is 0.618. The third kappa shape index (κ3) is 2.16. The van der Waals surface area contributed by atoms with Crippen LogP contribution in [-0.4, -0.2) is 14.9 Å². The summed E-state index contributed by atoms with van der Waals surface area (Å²) >= 11 is 0. The van der Waals surface area contributed by atoms with Crippen LogP contribution in [0.5, 0.6) is 0 Å². The molecule has 1 nitrogen and oxygen atoms in total. The molecule has 90 valence electrons. The van der Waals surface area contributed by atoms with Crippen LogP contribution in [0.4, 0.5) is 0 Å². The van der Waals surface area contributed by atoms with Crippen LogP contribution in [0.2, 0.25) is 17.1 Å². The summed E-state index contributed by atoms with van der Waals surface area (Å²) in [7, 11) is -1.44. The van der Waals surface area contributed by atoms with Crippen LogP contribution in [0.1, 0.15) is 59.8 Å². The minimum Gasteiger partial charge on any atom is -0.417 e. The van der Waals surface area contributed by atoms with Crippen molar-refractivity contribution in [3.63, 3.8) is 0 Å². The summed E-state index contributed by atoms with van der Waals surface area (Å²) in [4.78, 5) is 0. The lowest BCUT2D eigenvalue weighted by Crippen LogP contribution is -2.52. The molecule has 0 spiro atoms.